The van der Waals surface area contributed by atoms with Crippen LogP contribution in [0.1, 0.15) is 12.0 Å². The number of halogens is 1. The molecule has 1 aliphatic heterocycles. The van der Waals surface area contributed by atoms with Crippen molar-refractivity contribution in [1.29, 1.82) is 0 Å². The molecule has 3 rings (SSSR count). The highest BCUT2D eigenvalue weighted by molar-refractivity contribution is 7.89. The first kappa shape index (κ1) is 19.4. The summed E-state index contributed by atoms with van der Waals surface area (Å²) in [6.45, 7) is 2.22. The molecule has 25 heavy (non-hydrogen) atoms. The van der Waals surface area contributed by atoms with Gasteiger partial charge in [0.05, 0.1) is 11.4 Å². The molecule has 0 unspecified atom stereocenters. The van der Waals surface area contributed by atoms with Gasteiger partial charge in [-0.15, -0.1) is 12.4 Å². The number of sulfonamides is 1. The summed E-state index contributed by atoms with van der Waals surface area (Å²) in [7, 11) is -3.67. The molecule has 4 N–H and O–H groups in total. The number of benzene rings is 2. The first-order chi connectivity index (χ1) is 11.4. The topological polar surface area (TPSA) is 98.6 Å². The van der Waals surface area contributed by atoms with Gasteiger partial charge in [-0.25, -0.2) is 13.6 Å². The van der Waals surface area contributed by atoms with Crippen LogP contribution >= 0.6 is 12.4 Å². The van der Waals surface area contributed by atoms with Crippen molar-refractivity contribution >= 4 is 33.8 Å². The van der Waals surface area contributed by atoms with Crippen molar-refractivity contribution < 1.29 is 13.2 Å². The lowest BCUT2D eigenvalue weighted by Gasteiger charge is -2.31. The van der Waals surface area contributed by atoms with E-state index in [1.807, 2.05) is 12.1 Å². The summed E-state index contributed by atoms with van der Waals surface area (Å²) in [6.07, 6.45) is 2.08. The van der Waals surface area contributed by atoms with E-state index < -0.39 is 10.0 Å². The van der Waals surface area contributed by atoms with E-state index in [4.69, 9.17) is 15.6 Å². The number of primary sulfonamides is 1. The molecule has 6 nitrogen and oxygen atoms in total. The van der Waals surface area contributed by atoms with Crippen LogP contribution in [-0.2, 0) is 16.4 Å². The van der Waals surface area contributed by atoms with Crippen LogP contribution < -0.4 is 20.5 Å². The van der Waals surface area contributed by atoms with Crippen molar-refractivity contribution in [1.82, 2.24) is 0 Å². The fourth-order valence-electron chi connectivity index (χ4n) is 2.96. The Hall–Kier alpha value is -1.96. The maximum atomic E-state index is 11.2. The van der Waals surface area contributed by atoms with Gasteiger partial charge in [-0.05, 0) is 54.8 Å². The van der Waals surface area contributed by atoms with Gasteiger partial charge in [0.15, 0.2) is 0 Å². The molecule has 0 aliphatic carbocycles. The van der Waals surface area contributed by atoms with Gasteiger partial charge in [0.2, 0.25) is 10.0 Å². The largest absolute Gasteiger partial charge is 0.492 e. The number of ether oxygens (including phenoxy) is 1. The lowest BCUT2D eigenvalue weighted by atomic mass is 10.00. The molecule has 0 atom stereocenters. The monoisotopic (exact) mass is 383 g/mol. The zero-order valence-electron chi connectivity index (χ0n) is 13.7. The quantitative estimate of drug-likeness (QED) is 0.771. The minimum Gasteiger partial charge on any atom is -0.492 e. The molecule has 0 bridgehead atoms. The first-order valence-electron chi connectivity index (χ1n) is 7.83. The molecule has 0 spiro atoms. The Balaban J connectivity index is 0.00000225. The Labute approximate surface area is 154 Å². The smallest absolute Gasteiger partial charge is 0.238 e. The summed E-state index contributed by atoms with van der Waals surface area (Å²) < 4.78 is 28.2. The van der Waals surface area contributed by atoms with E-state index in [0.29, 0.717) is 12.4 Å². The second-order valence-corrected chi connectivity index (χ2v) is 7.36. The van der Waals surface area contributed by atoms with Crippen molar-refractivity contribution in [3.8, 4) is 5.75 Å². The highest BCUT2D eigenvalue weighted by Crippen LogP contribution is 2.30. The number of rotatable bonds is 5. The molecule has 0 amide bonds. The van der Waals surface area contributed by atoms with Crippen LogP contribution in [0.4, 0.5) is 11.4 Å². The van der Waals surface area contributed by atoms with Gasteiger partial charge in [0.1, 0.15) is 12.4 Å². The van der Waals surface area contributed by atoms with Gasteiger partial charge in [-0.1, -0.05) is 6.07 Å². The summed E-state index contributed by atoms with van der Waals surface area (Å²) in [6, 6.07) is 12.1. The number of anilines is 2. The van der Waals surface area contributed by atoms with E-state index in [0.717, 1.165) is 31.6 Å². The second kappa shape index (κ2) is 7.95. The standard InChI is InChI=1S/C17H21N3O3S.ClH/c18-16-4-1-5-17-15(16)3-2-10-20(17)11-12-23-13-6-8-14(9-7-13)24(19,21)22;/h1,4-9H,2-3,10-12,18H2,(H2,19,21,22);1H. The minimum absolute atomic E-state index is 0. The predicted molar refractivity (Wildman–Crippen MR) is 102 cm³/mol. The van der Waals surface area contributed by atoms with Crippen LogP contribution in [0.2, 0.25) is 0 Å². The van der Waals surface area contributed by atoms with Crippen LogP contribution in [0, 0.1) is 0 Å². The molecular weight excluding hydrogens is 362 g/mol. The Morgan fingerprint density at radius 3 is 2.52 bits per heavy atom. The van der Waals surface area contributed by atoms with Crippen molar-refractivity contribution in [2.75, 3.05) is 30.3 Å². The van der Waals surface area contributed by atoms with Crippen LogP contribution in [-0.4, -0.2) is 28.1 Å². The number of hydrogen-bond acceptors (Lipinski definition) is 5. The molecule has 1 aliphatic rings. The second-order valence-electron chi connectivity index (χ2n) is 5.80. The molecule has 0 radical (unpaired) electrons. The Bertz CT molecular complexity index is 826. The summed E-state index contributed by atoms with van der Waals surface area (Å²) in [5.41, 5.74) is 9.28. The molecule has 2 aromatic rings. The fraction of sp³-hybridized carbons (Fsp3) is 0.294. The number of nitrogens with zero attached hydrogens (tertiary/aromatic N) is 1. The van der Waals surface area contributed by atoms with E-state index in [1.165, 1.54) is 23.4 Å². The van der Waals surface area contributed by atoms with Gasteiger partial charge in [-0.3, -0.25) is 0 Å². The minimum atomic E-state index is -3.67. The zero-order valence-corrected chi connectivity index (χ0v) is 15.4. The lowest BCUT2D eigenvalue weighted by molar-refractivity contribution is 0.322. The van der Waals surface area contributed by atoms with Crippen molar-refractivity contribution in [3.05, 3.63) is 48.0 Å². The van der Waals surface area contributed by atoms with E-state index in [9.17, 15) is 8.42 Å². The highest BCUT2D eigenvalue weighted by Gasteiger charge is 2.18. The maximum Gasteiger partial charge on any atom is 0.238 e. The Morgan fingerprint density at radius 2 is 1.84 bits per heavy atom. The molecule has 0 saturated heterocycles. The lowest BCUT2D eigenvalue weighted by Crippen LogP contribution is -2.33. The van der Waals surface area contributed by atoms with Crippen molar-refractivity contribution in [2.45, 2.75) is 17.7 Å². The zero-order chi connectivity index (χ0) is 17.2. The average Bonchev–Trinajstić information content (AvgIpc) is 2.55. The third kappa shape index (κ3) is 4.56. The number of fused-ring (bicyclic) bond motifs is 1. The Kier molecular flexibility index (Phi) is 6.16. The first-order valence-corrected chi connectivity index (χ1v) is 9.38. The number of nitrogens with two attached hydrogens (primary N) is 2. The third-order valence-corrected chi connectivity index (χ3v) is 5.09. The molecule has 1 heterocycles. The average molecular weight is 384 g/mol. The fourth-order valence-corrected chi connectivity index (χ4v) is 3.47. The van der Waals surface area contributed by atoms with Gasteiger partial charge in [0, 0.05) is 17.9 Å². The Morgan fingerprint density at radius 1 is 1.12 bits per heavy atom. The van der Waals surface area contributed by atoms with Crippen molar-refractivity contribution in [2.24, 2.45) is 5.14 Å². The van der Waals surface area contributed by atoms with Gasteiger partial charge < -0.3 is 15.4 Å². The molecular formula is C17H22ClN3O3S. The maximum absolute atomic E-state index is 11.2. The van der Waals surface area contributed by atoms with Gasteiger partial charge >= 0.3 is 0 Å². The molecule has 0 saturated carbocycles. The van der Waals surface area contributed by atoms with Crippen LogP contribution in [0.25, 0.3) is 0 Å². The summed E-state index contributed by atoms with van der Waals surface area (Å²) in [5, 5.41) is 5.08. The van der Waals surface area contributed by atoms with E-state index in [-0.39, 0.29) is 17.3 Å². The van der Waals surface area contributed by atoms with E-state index >= 15 is 0 Å². The van der Waals surface area contributed by atoms with E-state index in [2.05, 4.69) is 11.0 Å². The molecule has 0 fully saturated rings. The number of nitrogen functional groups attached to an aromatic ring is 1. The summed E-state index contributed by atoms with van der Waals surface area (Å²) in [5.74, 6) is 0.618. The van der Waals surface area contributed by atoms with Gasteiger partial charge in [0.25, 0.3) is 0 Å². The number of hydrogen-bond donors (Lipinski definition) is 2. The van der Waals surface area contributed by atoms with Crippen LogP contribution in [0.15, 0.2) is 47.4 Å². The van der Waals surface area contributed by atoms with Crippen LogP contribution in [0.3, 0.4) is 0 Å². The normalized spacial score (nSPS) is 13.7. The van der Waals surface area contributed by atoms with Crippen molar-refractivity contribution in [3.63, 3.8) is 0 Å². The van der Waals surface area contributed by atoms with Crippen LogP contribution in [0.5, 0.6) is 5.75 Å². The predicted octanol–water partition coefficient (Wildman–Crippen LogP) is 2.17. The highest BCUT2D eigenvalue weighted by atomic mass is 35.5. The van der Waals surface area contributed by atoms with E-state index in [1.54, 1.807) is 12.1 Å². The third-order valence-electron chi connectivity index (χ3n) is 4.17. The summed E-state index contributed by atoms with van der Waals surface area (Å²) >= 11 is 0. The summed E-state index contributed by atoms with van der Waals surface area (Å²) in [4.78, 5) is 2.35. The molecule has 0 aromatic heterocycles. The van der Waals surface area contributed by atoms with Gasteiger partial charge in [-0.2, -0.15) is 0 Å². The molecule has 136 valence electrons. The molecule has 2 aromatic carbocycles. The SMILES string of the molecule is Cl.Nc1cccc2c1CCCN2CCOc1ccc(S(N)(=O)=O)cc1. The molecule has 8 heteroatoms.